The molecule has 0 bridgehead atoms. The third kappa shape index (κ3) is 4.21. The normalized spacial score (nSPS) is 20.6. The largest absolute Gasteiger partial charge is 0.480 e. The highest BCUT2D eigenvalue weighted by molar-refractivity contribution is 7.99. The van der Waals surface area contributed by atoms with E-state index < -0.39 is 5.97 Å². The van der Waals surface area contributed by atoms with Crippen LogP contribution >= 0.6 is 11.8 Å². The van der Waals surface area contributed by atoms with Gasteiger partial charge in [0.05, 0.1) is 0 Å². The second-order valence-electron chi connectivity index (χ2n) is 5.02. The summed E-state index contributed by atoms with van der Waals surface area (Å²) in [5.74, 6) is -0.226. The predicted molar refractivity (Wildman–Crippen MR) is 78.6 cm³/mol. The minimum absolute atomic E-state index is 0.205. The number of hydrogen-bond donors (Lipinski definition) is 1. The van der Waals surface area contributed by atoms with Crippen LogP contribution in [0.15, 0.2) is 29.2 Å². The molecule has 2 rings (SSSR count). The first kappa shape index (κ1) is 15.3. The van der Waals surface area contributed by atoms with E-state index in [4.69, 9.17) is 0 Å². The Morgan fingerprint density at radius 1 is 1.35 bits per heavy atom. The lowest BCUT2D eigenvalue weighted by Crippen LogP contribution is -2.41. The molecule has 1 aromatic carbocycles. The summed E-state index contributed by atoms with van der Waals surface area (Å²) in [7, 11) is 0. The Morgan fingerprint density at radius 3 is 2.90 bits per heavy atom. The number of halogens is 1. The molecule has 20 heavy (non-hydrogen) atoms. The van der Waals surface area contributed by atoms with E-state index in [2.05, 4.69) is 0 Å². The zero-order valence-electron chi connectivity index (χ0n) is 11.4. The molecule has 1 saturated heterocycles. The molecule has 1 atom stereocenters. The number of likely N-dealkylation sites (tertiary alicyclic amines) is 1. The summed E-state index contributed by atoms with van der Waals surface area (Å²) >= 11 is 1.45. The van der Waals surface area contributed by atoms with Crippen molar-refractivity contribution in [3.63, 3.8) is 0 Å². The van der Waals surface area contributed by atoms with Gasteiger partial charge in [0.15, 0.2) is 0 Å². The van der Waals surface area contributed by atoms with Crippen molar-refractivity contribution in [2.45, 2.75) is 36.6 Å². The monoisotopic (exact) mass is 297 g/mol. The highest BCUT2D eigenvalue weighted by Crippen LogP contribution is 2.23. The molecule has 1 fully saturated rings. The van der Waals surface area contributed by atoms with Crippen LogP contribution in [0.3, 0.4) is 0 Å². The molecule has 0 spiro atoms. The lowest BCUT2D eigenvalue weighted by Gasteiger charge is -2.26. The molecule has 5 heteroatoms. The summed E-state index contributed by atoms with van der Waals surface area (Å²) in [6.45, 7) is 1.52. The Balaban J connectivity index is 1.88. The molecule has 1 aliphatic heterocycles. The highest BCUT2D eigenvalue weighted by atomic mass is 32.2. The van der Waals surface area contributed by atoms with Crippen LogP contribution in [0.25, 0.3) is 0 Å². The number of benzene rings is 1. The van der Waals surface area contributed by atoms with Crippen LogP contribution < -0.4 is 0 Å². The maximum Gasteiger partial charge on any atom is 0.320 e. The number of hydrogen-bond acceptors (Lipinski definition) is 3. The Bertz CT molecular complexity index is 455. The van der Waals surface area contributed by atoms with E-state index in [1.165, 1.54) is 17.8 Å². The first-order valence-corrected chi connectivity index (χ1v) is 8.01. The van der Waals surface area contributed by atoms with Gasteiger partial charge in [0.25, 0.3) is 0 Å². The minimum Gasteiger partial charge on any atom is -0.480 e. The van der Waals surface area contributed by atoms with Crippen molar-refractivity contribution < 1.29 is 14.3 Å². The third-order valence-electron chi connectivity index (χ3n) is 3.62. The summed E-state index contributed by atoms with van der Waals surface area (Å²) in [5.41, 5.74) is 0. The maximum atomic E-state index is 13.5. The Morgan fingerprint density at radius 2 is 2.15 bits per heavy atom. The molecule has 1 unspecified atom stereocenters. The van der Waals surface area contributed by atoms with Crippen LogP contribution in [0.2, 0.25) is 0 Å². The number of rotatable bonds is 5. The van der Waals surface area contributed by atoms with Crippen molar-refractivity contribution in [3.05, 3.63) is 30.1 Å². The third-order valence-corrected chi connectivity index (χ3v) is 4.65. The second-order valence-corrected chi connectivity index (χ2v) is 6.15. The fourth-order valence-electron chi connectivity index (χ4n) is 2.55. The van der Waals surface area contributed by atoms with Crippen molar-refractivity contribution in [3.8, 4) is 0 Å². The van der Waals surface area contributed by atoms with Crippen LogP contribution in [0.5, 0.6) is 0 Å². The van der Waals surface area contributed by atoms with Gasteiger partial charge < -0.3 is 5.11 Å². The van der Waals surface area contributed by atoms with Crippen LogP contribution in [-0.4, -0.2) is 40.9 Å². The van der Waals surface area contributed by atoms with E-state index in [-0.39, 0.29) is 11.9 Å². The van der Waals surface area contributed by atoms with E-state index in [1.807, 2.05) is 11.0 Å². The van der Waals surface area contributed by atoms with Crippen LogP contribution in [0, 0.1) is 5.82 Å². The Hall–Kier alpha value is -1.07. The number of nitrogens with zero attached hydrogens (tertiary/aromatic N) is 1. The zero-order chi connectivity index (χ0) is 14.4. The lowest BCUT2D eigenvalue weighted by molar-refractivity contribution is -0.143. The first-order valence-electron chi connectivity index (χ1n) is 7.02. The van der Waals surface area contributed by atoms with Gasteiger partial charge >= 0.3 is 5.97 Å². The summed E-state index contributed by atoms with van der Waals surface area (Å²) in [4.78, 5) is 14.0. The highest BCUT2D eigenvalue weighted by Gasteiger charge is 2.26. The molecule has 3 nitrogen and oxygen atoms in total. The molecular formula is C15H20FNO2S. The smallest absolute Gasteiger partial charge is 0.320 e. The summed E-state index contributed by atoms with van der Waals surface area (Å²) < 4.78 is 13.5. The number of carboxylic acid groups (broad SMARTS) is 1. The van der Waals surface area contributed by atoms with Crippen molar-refractivity contribution in [2.75, 3.05) is 18.8 Å². The minimum atomic E-state index is -0.734. The number of aliphatic carboxylic acids is 1. The van der Waals surface area contributed by atoms with Gasteiger partial charge in [0.1, 0.15) is 11.9 Å². The van der Waals surface area contributed by atoms with Gasteiger partial charge in [-0.15, -0.1) is 11.8 Å². The van der Waals surface area contributed by atoms with Gasteiger partial charge in [-0.1, -0.05) is 25.0 Å². The van der Waals surface area contributed by atoms with Crippen molar-refractivity contribution in [2.24, 2.45) is 0 Å². The van der Waals surface area contributed by atoms with Gasteiger partial charge in [-0.2, -0.15) is 0 Å². The summed E-state index contributed by atoms with van der Waals surface area (Å²) in [5, 5.41) is 9.29. The van der Waals surface area contributed by atoms with Crippen molar-refractivity contribution >= 4 is 17.7 Å². The Kier molecular flexibility index (Phi) is 5.86. The zero-order valence-corrected chi connectivity index (χ0v) is 12.2. The summed E-state index contributed by atoms with van der Waals surface area (Å²) in [6.07, 6.45) is 3.85. The van der Waals surface area contributed by atoms with E-state index in [1.54, 1.807) is 12.1 Å². The van der Waals surface area contributed by atoms with Gasteiger partial charge in [-0.3, -0.25) is 9.69 Å². The molecule has 0 amide bonds. The lowest BCUT2D eigenvalue weighted by atomic mass is 10.1. The summed E-state index contributed by atoms with van der Waals surface area (Å²) in [6, 6.07) is 6.33. The van der Waals surface area contributed by atoms with E-state index in [0.717, 1.165) is 32.2 Å². The molecule has 0 radical (unpaired) electrons. The Labute approximate surface area is 123 Å². The quantitative estimate of drug-likeness (QED) is 0.847. The topological polar surface area (TPSA) is 40.5 Å². The molecule has 1 aliphatic rings. The number of carboxylic acids is 1. The average Bonchev–Trinajstić information content (AvgIpc) is 2.66. The van der Waals surface area contributed by atoms with E-state index in [9.17, 15) is 14.3 Å². The molecular weight excluding hydrogens is 277 g/mol. The van der Waals surface area contributed by atoms with Crippen LogP contribution in [0.1, 0.15) is 25.7 Å². The van der Waals surface area contributed by atoms with Gasteiger partial charge in [-0.05, 0) is 31.5 Å². The standard InChI is InChI=1S/C15H20FNO2S/c16-12-6-3-4-8-14(12)20-11-10-17-9-5-1-2-7-13(17)15(18)19/h3-4,6,8,13H,1-2,5,7,9-11H2,(H,18,19). The maximum absolute atomic E-state index is 13.5. The molecule has 1 heterocycles. The van der Waals surface area contributed by atoms with Crippen LogP contribution in [0.4, 0.5) is 4.39 Å². The van der Waals surface area contributed by atoms with Crippen LogP contribution in [-0.2, 0) is 4.79 Å². The molecule has 0 aromatic heterocycles. The number of thioether (sulfide) groups is 1. The van der Waals surface area contributed by atoms with Gasteiger partial charge in [-0.25, -0.2) is 4.39 Å². The molecule has 110 valence electrons. The molecule has 0 saturated carbocycles. The fraction of sp³-hybridized carbons (Fsp3) is 0.533. The fourth-order valence-corrected chi connectivity index (χ4v) is 3.48. The molecule has 0 aliphatic carbocycles. The molecule has 1 aromatic rings. The second kappa shape index (κ2) is 7.64. The average molecular weight is 297 g/mol. The predicted octanol–water partition coefficient (Wildman–Crippen LogP) is 3.25. The first-order chi connectivity index (χ1) is 9.68. The van der Waals surface area contributed by atoms with Gasteiger partial charge in [0, 0.05) is 17.2 Å². The van der Waals surface area contributed by atoms with E-state index in [0.29, 0.717) is 17.2 Å². The number of carbonyl (C=O) groups is 1. The van der Waals surface area contributed by atoms with Crippen molar-refractivity contribution in [1.29, 1.82) is 0 Å². The van der Waals surface area contributed by atoms with E-state index >= 15 is 0 Å². The van der Waals surface area contributed by atoms with Gasteiger partial charge in [0.2, 0.25) is 0 Å². The van der Waals surface area contributed by atoms with Crippen molar-refractivity contribution in [1.82, 2.24) is 4.90 Å². The SMILES string of the molecule is O=C(O)C1CCCCCN1CCSc1ccccc1F. The molecule has 1 N–H and O–H groups in total.